The SMILES string of the molecule is Cc1ccc2onc(CC(=O)NCCN3CCOCC3)c2c1. The van der Waals surface area contributed by atoms with E-state index in [1.165, 1.54) is 0 Å². The molecule has 22 heavy (non-hydrogen) atoms. The molecule has 118 valence electrons. The molecule has 0 unspecified atom stereocenters. The number of hydrogen-bond acceptors (Lipinski definition) is 5. The number of benzene rings is 1. The first kappa shape index (κ1) is 15.0. The van der Waals surface area contributed by atoms with Gasteiger partial charge in [0.15, 0.2) is 5.58 Å². The molecular weight excluding hydrogens is 282 g/mol. The molecule has 0 saturated carbocycles. The van der Waals surface area contributed by atoms with Crippen LogP contribution in [0.25, 0.3) is 11.0 Å². The summed E-state index contributed by atoms with van der Waals surface area (Å²) < 4.78 is 10.6. The van der Waals surface area contributed by atoms with Crippen LogP contribution in [-0.2, 0) is 16.0 Å². The summed E-state index contributed by atoms with van der Waals surface area (Å²) in [5, 5.41) is 7.88. The molecule has 2 heterocycles. The van der Waals surface area contributed by atoms with Crippen molar-refractivity contribution in [2.75, 3.05) is 39.4 Å². The van der Waals surface area contributed by atoms with E-state index in [1.807, 2.05) is 25.1 Å². The zero-order valence-corrected chi connectivity index (χ0v) is 12.8. The summed E-state index contributed by atoms with van der Waals surface area (Å²) in [5.74, 6) is -0.0232. The number of amides is 1. The summed E-state index contributed by atoms with van der Waals surface area (Å²) in [5.41, 5.74) is 2.55. The summed E-state index contributed by atoms with van der Waals surface area (Å²) in [4.78, 5) is 14.3. The van der Waals surface area contributed by atoms with E-state index < -0.39 is 0 Å². The van der Waals surface area contributed by atoms with Crippen LogP contribution in [0, 0.1) is 6.92 Å². The van der Waals surface area contributed by atoms with Crippen LogP contribution in [0.4, 0.5) is 0 Å². The number of aryl methyl sites for hydroxylation is 1. The average Bonchev–Trinajstić information content (AvgIpc) is 2.90. The number of fused-ring (bicyclic) bond motifs is 1. The lowest BCUT2D eigenvalue weighted by atomic mass is 10.1. The first-order valence-corrected chi connectivity index (χ1v) is 7.64. The highest BCUT2D eigenvalue weighted by molar-refractivity contribution is 5.86. The second kappa shape index (κ2) is 6.89. The lowest BCUT2D eigenvalue weighted by Gasteiger charge is -2.26. The van der Waals surface area contributed by atoms with E-state index in [-0.39, 0.29) is 12.3 Å². The van der Waals surface area contributed by atoms with Gasteiger partial charge in [0.1, 0.15) is 5.69 Å². The smallest absolute Gasteiger partial charge is 0.226 e. The number of rotatable bonds is 5. The van der Waals surface area contributed by atoms with Crippen LogP contribution >= 0.6 is 0 Å². The predicted molar refractivity (Wildman–Crippen MR) is 82.7 cm³/mol. The lowest BCUT2D eigenvalue weighted by molar-refractivity contribution is -0.120. The fourth-order valence-electron chi connectivity index (χ4n) is 2.62. The van der Waals surface area contributed by atoms with Gasteiger partial charge in [-0.25, -0.2) is 0 Å². The zero-order chi connectivity index (χ0) is 15.4. The molecule has 0 bridgehead atoms. The lowest BCUT2D eigenvalue weighted by Crippen LogP contribution is -2.41. The van der Waals surface area contributed by atoms with Gasteiger partial charge >= 0.3 is 0 Å². The van der Waals surface area contributed by atoms with Crippen molar-refractivity contribution in [1.29, 1.82) is 0 Å². The van der Waals surface area contributed by atoms with Crippen molar-refractivity contribution >= 4 is 16.9 Å². The van der Waals surface area contributed by atoms with Crippen LogP contribution in [0.5, 0.6) is 0 Å². The maximum Gasteiger partial charge on any atom is 0.226 e. The second-order valence-corrected chi connectivity index (χ2v) is 5.61. The van der Waals surface area contributed by atoms with Crippen molar-refractivity contribution in [1.82, 2.24) is 15.4 Å². The molecule has 1 aliphatic rings. The van der Waals surface area contributed by atoms with E-state index >= 15 is 0 Å². The van der Waals surface area contributed by atoms with E-state index in [2.05, 4.69) is 15.4 Å². The van der Waals surface area contributed by atoms with Gasteiger partial charge in [-0.2, -0.15) is 0 Å². The normalized spacial score (nSPS) is 16.0. The molecule has 6 heteroatoms. The van der Waals surface area contributed by atoms with E-state index in [1.54, 1.807) is 0 Å². The zero-order valence-electron chi connectivity index (χ0n) is 12.8. The van der Waals surface area contributed by atoms with Gasteiger partial charge in [-0.1, -0.05) is 16.8 Å². The summed E-state index contributed by atoms with van der Waals surface area (Å²) in [6.07, 6.45) is 0.250. The maximum atomic E-state index is 12.0. The Kier molecular flexibility index (Phi) is 4.70. The molecule has 1 fully saturated rings. The average molecular weight is 303 g/mol. The maximum absolute atomic E-state index is 12.0. The largest absolute Gasteiger partial charge is 0.379 e. The van der Waals surface area contributed by atoms with Gasteiger partial charge in [0.2, 0.25) is 5.91 Å². The molecule has 0 aliphatic carbocycles. The number of morpholine rings is 1. The number of hydrogen-bond donors (Lipinski definition) is 1. The molecule has 1 aromatic carbocycles. The number of aromatic nitrogens is 1. The van der Waals surface area contributed by atoms with Crippen molar-refractivity contribution in [2.45, 2.75) is 13.3 Å². The van der Waals surface area contributed by atoms with Crippen LogP contribution in [0.1, 0.15) is 11.3 Å². The molecule has 1 aliphatic heterocycles. The fraction of sp³-hybridized carbons (Fsp3) is 0.500. The van der Waals surface area contributed by atoms with Crippen molar-refractivity contribution < 1.29 is 14.1 Å². The summed E-state index contributed by atoms with van der Waals surface area (Å²) in [6.45, 7) is 6.93. The highest BCUT2D eigenvalue weighted by Gasteiger charge is 2.13. The predicted octanol–water partition coefficient (Wildman–Crippen LogP) is 1.13. The molecule has 6 nitrogen and oxygen atoms in total. The Labute approximate surface area is 129 Å². The van der Waals surface area contributed by atoms with Crippen molar-refractivity contribution in [3.63, 3.8) is 0 Å². The molecule has 0 atom stereocenters. The van der Waals surface area contributed by atoms with Gasteiger partial charge < -0.3 is 14.6 Å². The fourth-order valence-corrected chi connectivity index (χ4v) is 2.62. The molecule has 1 amide bonds. The van der Waals surface area contributed by atoms with Crippen LogP contribution in [-0.4, -0.2) is 55.4 Å². The van der Waals surface area contributed by atoms with Gasteiger partial charge in [0.25, 0.3) is 0 Å². The van der Waals surface area contributed by atoms with E-state index in [4.69, 9.17) is 9.26 Å². The van der Waals surface area contributed by atoms with Gasteiger partial charge in [0, 0.05) is 31.6 Å². The number of carbonyl (C=O) groups is 1. The minimum Gasteiger partial charge on any atom is -0.379 e. The van der Waals surface area contributed by atoms with E-state index in [9.17, 15) is 4.79 Å². The Morgan fingerprint density at radius 2 is 2.18 bits per heavy atom. The number of ether oxygens (including phenoxy) is 1. The molecule has 1 saturated heterocycles. The Hall–Kier alpha value is -1.92. The molecular formula is C16H21N3O3. The highest BCUT2D eigenvalue weighted by atomic mass is 16.5. The molecule has 1 aromatic heterocycles. The summed E-state index contributed by atoms with van der Waals surface area (Å²) >= 11 is 0. The Morgan fingerprint density at radius 3 is 3.00 bits per heavy atom. The van der Waals surface area contributed by atoms with E-state index in [0.717, 1.165) is 49.4 Å². The molecule has 0 spiro atoms. The standard InChI is InChI=1S/C16H21N3O3/c1-12-2-3-15-13(10-12)14(18-22-15)11-16(20)17-4-5-19-6-8-21-9-7-19/h2-3,10H,4-9,11H2,1H3,(H,17,20). The van der Waals surface area contributed by atoms with Crippen LogP contribution in [0.2, 0.25) is 0 Å². The number of carbonyl (C=O) groups excluding carboxylic acids is 1. The van der Waals surface area contributed by atoms with Gasteiger partial charge in [-0.05, 0) is 19.1 Å². The first-order chi connectivity index (χ1) is 10.7. The van der Waals surface area contributed by atoms with Gasteiger partial charge in [-0.3, -0.25) is 9.69 Å². The molecule has 2 aromatic rings. The topological polar surface area (TPSA) is 67.6 Å². The number of nitrogens with one attached hydrogen (secondary N) is 1. The monoisotopic (exact) mass is 303 g/mol. The van der Waals surface area contributed by atoms with Crippen molar-refractivity contribution in [2.24, 2.45) is 0 Å². The quantitative estimate of drug-likeness (QED) is 0.897. The van der Waals surface area contributed by atoms with Crippen LogP contribution in [0.15, 0.2) is 22.7 Å². The third kappa shape index (κ3) is 3.64. The Bertz CT molecular complexity index is 647. The third-order valence-electron chi connectivity index (χ3n) is 3.88. The first-order valence-electron chi connectivity index (χ1n) is 7.64. The van der Waals surface area contributed by atoms with Gasteiger partial charge in [-0.15, -0.1) is 0 Å². The molecule has 1 N–H and O–H groups in total. The molecule has 3 rings (SSSR count). The molecule has 0 radical (unpaired) electrons. The Morgan fingerprint density at radius 1 is 1.36 bits per heavy atom. The minimum atomic E-state index is -0.0232. The highest BCUT2D eigenvalue weighted by Crippen LogP contribution is 2.20. The van der Waals surface area contributed by atoms with Crippen LogP contribution < -0.4 is 5.32 Å². The van der Waals surface area contributed by atoms with E-state index in [0.29, 0.717) is 12.2 Å². The van der Waals surface area contributed by atoms with Crippen LogP contribution in [0.3, 0.4) is 0 Å². The minimum absolute atomic E-state index is 0.0232. The van der Waals surface area contributed by atoms with Crippen molar-refractivity contribution in [3.8, 4) is 0 Å². The number of nitrogens with zero attached hydrogens (tertiary/aromatic N) is 2. The Balaban J connectivity index is 1.51. The summed E-state index contributed by atoms with van der Waals surface area (Å²) in [7, 11) is 0. The second-order valence-electron chi connectivity index (χ2n) is 5.61. The van der Waals surface area contributed by atoms with Crippen molar-refractivity contribution in [3.05, 3.63) is 29.5 Å². The summed E-state index contributed by atoms with van der Waals surface area (Å²) in [6, 6.07) is 5.86. The third-order valence-corrected chi connectivity index (χ3v) is 3.88. The van der Waals surface area contributed by atoms with Gasteiger partial charge in [0.05, 0.1) is 19.6 Å².